The van der Waals surface area contributed by atoms with E-state index in [1.165, 1.54) is 0 Å². The summed E-state index contributed by atoms with van der Waals surface area (Å²) in [6.45, 7) is 0.535. The van der Waals surface area contributed by atoms with Gasteiger partial charge in [-0.1, -0.05) is 29.3 Å². The first-order valence-electron chi connectivity index (χ1n) is 3.88. The van der Waals surface area contributed by atoms with Gasteiger partial charge < -0.3 is 4.74 Å². The topological polar surface area (TPSA) is 9.23 Å². The second kappa shape index (κ2) is 5.58. The van der Waals surface area contributed by atoms with Crippen molar-refractivity contribution in [2.45, 2.75) is 6.42 Å². The van der Waals surface area contributed by atoms with E-state index in [-0.39, 0.29) is 0 Å². The zero-order valence-corrected chi connectivity index (χ0v) is 9.16. The summed E-state index contributed by atoms with van der Waals surface area (Å²) >= 11 is 17.2. The molecule has 0 bridgehead atoms. The lowest BCUT2D eigenvalue weighted by Crippen LogP contribution is -1.98. The second-order valence-corrected chi connectivity index (χ2v) is 3.63. The summed E-state index contributed by atoms with van der Waals surface area (Å²) in [6, 6.07) is 5.26. The van der Waals surface area contributed by atoms with Gasteiger partial charge in [0.15, 0.2) is 5.75 Å². The number of halogens is 3. The molecule has 72 valence electrons. The van der Waals surface area contributed by atoms with E-state index in [0.717, 1.165) is 6.42 Å². The molecular weight excluding hydrogens is 230 g/mol. The van der Waals surface area contributed by atoms with Crippen molar-refractivity contribution < 1.29 is 4.74 Å². The first-order valence-corrected chi connectivity index (χ1v) is 5.17. The monoisotopic (exact) mass is 238 g/mol. The molecule has 0 heterocycles. The number of alkyl halides is 1. The second-order valence-electron chi connectivity index (χ2n) is 2.44. The van der Waals surface area contributed by atoms with Crippen molar-refractivity contribution in [3.05, 3.63) is 28.2 Å². The number of hydrogen-bond donors (Lipinski definition) is 0. The van der Waals surface area contributed by atoms with E-state index in [1.54, 1.807) is 18.2 Å². The Hall–Kier alpha value is -0.110. The molecule has 0 saturated heterocycles. The van der Waals surface area contributed by atoms with Crippen LogP contribution in [-0.4, -0.2) is 12.5 Å². The molecular formula is C9H9Cl3O. The number of hydrogen-bond acceptors (Lipinski definition) is 1. The Labute approximate surface area is 92.5 Å². The molecule has 0 atom stereocenters. The predicted molar refractivity (Wildman–Crippen MR) is 57.3 cm³/mol. The highest BCUT2D eigenvalue weighted by molar-refractivity contribution is 6.37. The maximum absolute atomic E-state index is 5.87. The van der Waals surface area contributed by atoms with Crippen LogP contribution in [0.25, 0.3) is 0 Å². The first kappa shape index (κ1) is 11.0. The molecule has 0 N–H and O–H groups in total. The Balaban J connectivity index is 2.64. The summed E-state index contributed by atoms with van der Waals surface area (Å²) in [5, 5.41) is 1.06. The maximum Gasteiger partial charge on any atom is 0.156 e. The van der Waals surface area contributed by atoms with Crippen LogP contribution in [0.4, 0.5) is 0 Å². The lowest BCUT2D eigenvalue weighted by Gasteiger charge is -2.08. The van der Waals surface area contributed by atoms with Gasteiger partial charge in [0.1, 0.15) is 0 Å². The van der Waals surface area contributed by atoms with Crippen LogP contribution in [0.5, 0.6) is 5.75 Å². The zero-order chi connectivity index (χ0) is 9.68. The van der Waals surface area contributed by atoms with Crippen molar-refractivity contribution in [2.24, 2.45) is 0 Å². The highest BCUT2D eigenvalue weighted by atomic mass is 35.5. The van der Waals surface area contributed by atoms with E-state index in [9.17, 15) is 0 Å². The number of para-hydroxylation sites is 1. The van der Waals surface area contributed by atoms with Crippen LogP contribution < -0.4 is 4.74 Å². The van der Waals surface area contributed by atoms with Crippen molar-refractivity contribution in [3.8, 4) is 5.75 Å². The molecule has 0 aliphatic rings. The molecule has 1 aromatic rings. The first-order chi connectivity index (χ1) is 6.25. The van der Waals surface area contributed by atoms with Crippen LogP contribution >= 0.6 is 34.8 Å². The van der Waals surface area contributed by atoms with Crippen molar-refractivity contribution in [1.29, 1.82) is 0 Å². The van der Waals surface area contributed by atoms with Crippen LogP contribution in [0.1, 0.15) is 6.42 Å². The Morgan fingerprint density at radius 1 is 1.15 bits per heavy atom. The molecule has 0 fully saturated rings. The van der Waals surface area contributed by atoms with Crippen LogP contribution in [0.15, 0.2) is 18.2 Å². The third-order valence-electron chi connectivity index (χ3n) is 1.44. The van der Waals surface area contributed by atoms with E-state index in [1.807, 2.05) is 0 Å². The molecule has 0 aromatic heterocycles. The van der Waals surface area contributed by atoms with Gasteiger partial charge in [0, 0.05) is 5.88 Å². The minimum absolute atomic E-state index is 0.530. The SMILES string of the molecule is ClCCCOc1c(Cl)cccc1Cl. The number of ether oxygens (including phenoxy) is 1. The van der Waals surface area contributed by atoms with Gasteiger partial charge in [0.2, 0.25) is 0 Å². The molecule has 0 saturated carbocycles. The highest BCUT2D eigenvalue weighted by Crippen LogP contribution is 2.32. The summed E-state index contributed by atoms with van der Waals surface area (Å²) in [7, 11) is 0. The fourth-order valence-electron chi connectivity index (χ4n) is 0.849. The van der Waals surface area contributed by atoms with Gasteiger partial charge in [0.25, 0.3) is 0 Å². The third-order valence-corrected chi connectivity index (χ3v) is 2.31. The molecule has 1 nitrogen and oxygen atoms in total. The molecule has 0 radical (unpaired) electrons. The average Bonchev–Trinajstić information content (AvgIpc) is 2.10. The van der Waals surface area contributed by atoms with E-state index >= 15 is 0 Å². The fraction of sp³-hybridized carbons (Fsp3) is 0.333. The van der Waals surface area contributed by atoms with Gasteiger partial charge in [-0.05, 0) is 18.6 Å². The van der Waals surface area contributed by atoms with Crippen LogP contribution in [0.2, 0.25) is 10.0 Å². The van der Waals surface area contributed by atoms with Crippen molar-refractivity contribution in [2.75, 3.05) is 12.5 Å². The Morgan fingerprint density at radius 2 is 1.77 bits per heavy atom. The van der Waals surface area contributed by atoms with E-state index in [4.69, 9.17) is 39.5 Å². The molecule has 1 rings (SSSR count). The van der Waals surface area contributed by atoms with Gasteiger partial charge in [-0.2, -0.15) is 0 Å². The van der Waals surface area contributed by atoms with Crippen molar-refractivity contribution in [3.63, 3.8) is 0 Å². The van der Waals surface area contributed by atoms with Gasteiger partial charge >= 0.3 is 0 Å². The predicted octanol–water partition coefficient (Wildman–Crippen LogP) is 4.00. The van der Waals surface area contributed by atoms with E-state index in [2.05, 4.69) is 0 Å². The van der Waals surface area contributed by atoms with E-state index in [0.29, 0.717) is 28.3 Å². The van der Waals surface area contributed by atoms with Crippen molar-refractivity contribution >= 4 is 34.8 Å². The smallest absolute Gasteiger partial charge is 0.156 e. The summed E-state index contributed by atoms with van der Waals surface area (Å²) in [5.74, 6) is 1.11. The van der Waals surface area contributed by atoms with Gasteiger partial charge in [-0.3, -0.25) is 0 Å². The lowest BCUT2D eigenvalue weighted by molar-refractivity contribution is 0.319. The summed E-state index contributed by atoms with van der Waals surface area (Å²) in [5.41, 5.74) is 0. The molecule has 13 heavy (non-hydrogen) atoms. The van der Waals surface area contributed by atoms with Crippen LogP contribution in [-0.2, 0) is 0 Å². The minimum atomic E-state index is 0.530. The highest BCUT2D eigenvalue weighted by Gasteiger charge is 2.05. The Kier molecular flexibility index (Phi) is 4.71. The molecule has 0 amide bonds. The lowest BCUT2D eigenvalue weighted by atomic mass is 10.3. The standard InChI is InChI=1S/C9H9Cl3O/c10-5-2-6-13-9-7(11)3-1-4-8(9)12/h1,3-4H,2,5-6H2. The van der Waals surface area contributed by atoms with Crippen molar-refractivity contribution in [1.82, 2.24) is 0 Å². The zero-order valence-electron chi connectivity index (χ0n) is 6.90. The van der Waals surface area contributed by atoms with Gasteiger partial charge in [0.05, 0.1) is 16.7 Å². The van der Waals surface area contributed by atoms with E-state index < -0.39 is 0 Å². The van der Waals surface area contributed by atoms with Crippen LogP contribution in [0.3, 0.4) is 0 Å². The van der Waals surface area contributed by atoms with Gasteiger partial charge in [-0.25, -0.2) is 0 Å². The number of benzene rings is 1. The van der Waals surface area contributed by atoms with Crippen LogP contribution in [0, 0.1) is 0 Å². The molecule has 0 aliphatic heterocycles. The summed E-state index contributed by atoms with van der Waals surface area (Å²) in [6.07, 6.45) is 0.781. The third kappa shape index (κ3) is 3.26. The largest absolute Gasteiger partial charge is 0.490 e. The average molecular weight is 240 g/mol. The van der Waals surface area contributed by atoms with Gasteiger partial charge in [-0.15, -0.1) is 11.6 Å². The molecule has 0 unspecified atom stereocenters. The Bertz CT molecular complexity index is 255. The molecule has 0 aliphatic carbocycles. The summed E-state index contributed by atoms with van der Waals surface area (Å²) < 4.78 is 5.36. The molecule has 1 aromatic carbocycles. The maximum atomic E-state index is 5.87. The Morgan fingerprint density at radius 3 is 2.31 bits per heavy atom. The minimum Gasteiger partial charge on any atom is -0.490 e. The summed E-state index contributed by atoms with van der Waals surface area (Å²) in [4.78, 5) is 0. The fourth-order valence-corrected chi connectivity index (χ4v) is 1.46. The molecule has 0 spiro atoms. The molecule has 4 heteroatoms. The number of rotatable bonds is 4. The normalized spacial score (nSPS) is 10.1. The quantitative estimate of drug-likeness (QED) is 0.570.